The van der Waals surface area contributed by atoms with E-state index in [0.717, 1.165) is 6.42 Å². The SMILES string of the molecule is CC(C)(C)c1ccc2c(c1)N(c1ccc3sc4ccccc4c3c1)c1cc(N3c4ccccc4C4(C)CCCCC34C)cc3c1B2c1ccc(C(C)(C)C)cc1N3c1ccc2sc3ccccc3c2c1. The number of thiophene rings is 2. The minimum Gasteiger partial charge on any atom is -0.334 e. The van der Waals surface area contributed by atoms with E-state index in [-0.39, 0.29) is 28.5 Å². The molecule has 0 amide bonds. The molecule has 3 nitrogen and oxygen atoms in total. The van der Waals surface area contributed by atoms with Gasteiger partial charge in [0.25, 0.3) is 6.71 Å². The standard InChI is InChI=1S/C64H58BN3S2/c1-61(2,3)39-23-27-49-52(33-39)66(41-25-29-58-46(35-41)44-17-9-13-21-56(44)69-58)54-37-43(68-51-20-12-11-19-48(51)63(7)31-15-16-32-64(63,68)8)38-55-60(54)65(49)50-28-24-40(62(4,5)6)34-53(50)67(55)42-26-30-59-47(36-42)45-18-10-14-22-57(45)70-59/h9-14,17-30,33-38H,15-16,31-32H2,1-8H3. The van der Waals surface area contributed by atoms with Gasteiger partial charge in [-0.1, -0.05) is 140 Å². The van der Waals surface area contributed by atoms with Crippen LogP contribution in [-0.2, 0) is 16.2 Å². The third-order valence-electron chi connectivity index (χ3n) is 17.3. The van der Waals surface area contributed by atoms with Crippen LogP contribution < -0.4 is 31.1 Å². The third kappa shape index (κ3) is 5.87. The van der Waals surface area contributed by atoms with Crippen molar-refractivity contribution in [2.75, 3.05) is 14.7 Å². The summed E-state index contributed by atoms with van der Waals surface area (Å²) in [5.41, 5.74) is 18.1. The number of nitrogens with zero attached hydrogens (tertiary/aromatic N) is 3. The van der Waals surface area contributed by atoms with Crippen molar-refractivity contribution < 1.29 is 0 Å². The van der Waals surface area contributed by atoms with Crippen molar-refractivity contribution in [3.05, 3.63) is 174 Å². The highest BCUT2D eigenvalue weighted by Crippen LogP contribution is 2.62. The lowest BCUT2D eigenvalue weighted by Crippen LogP contribution is -2.61. The second-order valence-electron chi connectivity index (χ2n) is 23.3. The lowest BCUT2D eigenvalue weighted by molar-refractivity contribution is 0.195. The van der Waals surface area contributed by atoms with E-state index in [0.29, 0.717) is 0 Å². The number of fused-ring (bicyclic) bond motifs is 13. The van der Waals surface area contributed by atoms with Crippen LogP contribution in [0.15, 0.2) is 158 Å². The second-order valence-corrected chi connectivity index (χ2v) is 25.4. The molecule has 0 radical (unpaired) electrons. The number of para-hydroxylation sites is 1. The van der Waals surface area contributed by atoms with E-state index in [1.165, 1.54) is 138 Å². The van der Waals surface area contributed by atoms with Crippen LogP contribution in [0.2, 0.25) is 0 Å². The molecule has 70 heavy (non-hydrogen) atoms. The molecule has 2 aromatic heterocycles. The van der Waals surface area contributed by atoms with Gasteiger partial charge in [0.2, 0.25) is 0 Å². The molecule has 344 valence electrons. The van der Waals surface area contributed by atoms with E-state index in [4.69, 9.17) is 0 Å². The van der Waals surface area contributed by atoms with Crippen molar-refractivity contribution in [1.29, 1.82) is 0 Å². The normalized spacial score (nSPS) is 19.5. The minimum atomic E-state index is -0.119. The number of hydrogen-bond donors (Lipinski definition) is 0. The van der Waals surface area contributed by atoms with Gasteiger partial charge in [0.05, 0.1) is 5.54 Å². The first-order chi connectivity index (χ1) is 33.7. The summed E-state index contributed by atoms with van der Waals surface area (Å²) in [6, 6.07) is 61.9. The summed E-state index contributed by atoms with van der Waals surface area (Å²) in [6.45, 7) is 19.3. The van der Waals surface area contributed by atoms with Crippen molar-refractivity contribution in [2.24, 2.45) is 0 Å². The van der Waals surface area contributed by atoms with Crippen LogP contribution in [0.3, 0.4) is 0 Å². The van der Waals surface area contributed by atoms with Crippen LogP contribution >= 0.6 is 22.7 Å². The van der Waals surface area contributed by atoms with E-state index in [1.807, 2.05) is 22.7 Å². The van der Waals surface area contributed by atoms with E-state index < -0.39 is 0 Å². The van der Waals surface area contributed by atoms with Gasteiger partial charge in [-0.2, -0.15) is 0 Å². The molecular formula is C64H58BN3S2. The summed E-state index contributed by atoms with van der Waals surface area (Å²) in [4.78, 5) is 8.14. The summed E-state index contributed by atoms with van der Waals surface area (Å²) in [5.74, 6) is 0. The Morgan fingerprint density at radius 3 is 1.47 bits per heavy atom. The van der Waals surface area contributed by atoms with Crippen molar-refractivity contribution in [3.63, 3.8) is 0 Å². The summed E-state index contributed by atoms with van der Waals surface area (Å²) in [6.07, 6.45) is 4.81. The van der Waals surface area contributed by atoms with Gasteiger partial charge in [-0.05, 0) is 143 Å². The van der Waals surface area contributed by atoms with E-state index in [1.54, 1.807) is 0 Å². The number of benzene rings is 8. The molecule has 1 saturated carbocycles. The number of rotatable bonds is 3. The van der Waals surface area contributed by atoms with Crippen LogP contribution in [0.5, 0.6) is 0 Å². The maximum Gasteiger partial charge on any atom is 0.252 e. The average molecular weight is 944 g/mol. The Balaban J connectivity index is 1.13. The molecule has 0 N–H and O–H groups in total. The Morgan fingerprint density at radius 2 is 0.929 bits per heavy atom. The first-order valence-electron chi connectivity index (χ1n) is 25.5. The molecule has 6 heteroatoms. The first kappa shape index (κ1) is 42.5. The molecule has 1 fully saturated rings. The zero-order chi connectivity index (χ0) is 47.6. The average Bonchev–Trinajstić information content (AvgIpc) is 3.98. The Hall–Kier alpha value is -6.34. The summed E-state index contributed by atoms with van der Waals surface area (Å²) in [7, 11) is 0. The summed E-state index contributed by atoms with van der Waals surface area (Å²) in [5, 5.41) is 5.28. The number of anilines is 8. The van der Waals surface area contributed by atoms with Gasteiger partial charge in [0, 0.05) is 91.3 Å². The Labute approximate surface area is 421 Å². The molecule has 0 spiro atoms. The zero-order valence-electron chi connectivity index (χ0n) is 41.6. The molecule has 10 aromatic rings. The Bertz CT molecular complexity index is 3640. The molecule has 14 rings (SSSR count). The van der Waals surface area contributed by atoms with Gasteiger partial charge < -0.3 is 14.7 Å². The van der Waals surface area contributed by atoms with Gasteiger partial charge in [0.1, 0.15) is 0 Å². The van der Waals surface area contributed by atoms with Gasteiger partial charge in [0.15, 0.2) is 0 Å². The molecule has 2 unspecified atom stereocenters. The van der Waals surface area contributed by atoms with Crippen molar-refractivity contribution in [3.8, 4) is 0 Å². The fraction of sp³-hybridized carbons (Fsp3) is 0.250. The molecule has 0 bridgehead atoms. The van der Waals surface area contributed by atoms with Crippen LogP contribution in [0.1, 0.15) is 97.8 Å². The lowest BCUT2D eigenvalue weighted by atomic mass is 9.33. The molecule has 2 atom stereocenters. The molecule has 0 saturated heterocycles. The van der Waals surface area contributed by atoms with Gasteiger partial charge in [-0.25, -0.2) is 0 Å². The quantitative estimate of drug-likeness (QED) is 0.163. The fourth-order valence-electron chi connectivity index (χ4n) is 13.4. The highest BCUT2D eigenvalue weighted by molar-refractivity contribution is 7.26. The van der Waals surface area contributed by atoms with Crippen LogP contribution in [-0.4, -0.2) is 12.3 Å². The lowest BCUT2D eigenvalue weighted by Gasteiger charge is -2.51. The first-order valence-corrected chi connectivity index (χ1v) is 27.1. The molecule has 4 aliphatic rings. The molecule has 5 heterocycles. The highest BCUT2D eigenvalue weighted by Gasteiger charge is 2.58. The predicted molar refractivity (Wildman–Crippen MR) is 306 cm³/mol. The maximum atomic E-state index is 2.80. The van der Waals surface area contributed by atoms with Crippen molar-refractivity contribution in [1.82, 2.24) is 0 Å². The zero-order valence-corrected chi connectivity index (χ0v) is 43.2. The number of hydrogen-bond acceptors (Lipinski definition) is 5. The largest absolute Gasteiger partial charge is 0.334 e. The monoisotopic (exact) mass is 943 g/mol. The van der Waals surface area contributed by atoms with Crippen LogP contribution in [0.4, 0.5) is 45.5 Å². The van der Waals surface area contributed by atoms with Crippen molar-refractivity contribution in [2.45, 2.75) is 103 Å². The van der Waals surface area contributed by atoms with Crippen LogP contribution in [0, 0.1) is 0 Å². The van der Waals surface area contributed by atoms with Gasteiger partial charge in [-0.3, -0.25) is 0 Å². The third-order valence-corrected chi connectivity index (χ3v) is 19.6. The fourth-order valence-corrected chi connectivity index (χ4v) is 15.6. The van der Waals surface area contributed by atoms with E-state index in [2.05, 4.69) is 228 Å². The smallest absolute Gasteiger partial charge is 0.252 e. The molecule has 1 aliphatic carbocycles. The highest BCUT2D eigenvalue weighted by atomic mass is 32.1. The Kier molecular flexibility index (Phi) is 8.88. The summed E-state index contributed by atoms with van der Waals surface area (Å²) >= 11 is 3.79. The van der Waals surface area contributed by atoms with Crippen molar-refractivity contribution >= 4 is 132 Å². The second kappa shape index (κ2) is 14.6. The molecule has 8 aromatic carbocycles. The van der Waals surface area contributed by atoms with Crippen LogP contribution in [0.25, 0.3) is 40.3 Å². The summed E-state index contributed by atoms with van der Waals surface area (Å²) < 4.78 is 5.31. The maximum absolute atomic E-state index is 2.80. The molecule has 3 aliphatic heterocycles. The predicted octanol–water partition coefficient (Wildman–Crippen LogP) is 16.8. The minimum absolute atomic E-state index is 0.00932. The molecular weight excluding hydrogens is 886 g/mol. The van der Waals surface area contributed by atoms with Gasteiger partial charge >= 0.3 is 0 Å². The van der Waals surface area contributed by atoms with E-state index in [9.17, 15) is 0 Å². The topological polar surface area (TPSA) is 9.72 Å². The van der Waals surface area contributed by atoms with Gasteiger partial charge in [-0.15, -0.1) is 22.7 Å². The Morgan fingerprint density at radius 1 is 0.443 bits per heavy atom. The van der Waals surface area contributed by atoms with E-state index >= 15 is 0 Å².